The van der Waals surface area contributed by atoms with Gasteiger partial charge in [0.2, 0.25) is 0 Å². The number of fused-ring (bicyclic) bond motifs is 1. The third-order valence-electron chi connectivity index (χ3n) is 4.98. The second-order valence-corrected chi connectivity index (χ2v) is 7.61. The van der Waals surface area contributed by atoms with E-state index in [4.69, 9.17) is 4.74 Å². The van der Waals surface area contributed by atoms with Gasteiger partial charge in [0.15, 0.2) is 0 Å². The molecule has 1 amide bonds. The standard InChI is InChI=1S/C24H18BrNO3/c1-15-22(24(28)29-2)21(23(27)26(15)19-11-6-10-18(25)14-19)13-17-9-5-8-16-7-3-4-12-20(16)17/h3-14H,1-2H3/b21-13-. The Bertz CT molecular complexity index is 1200. The van der Waals surface area contributed by atoms with Crippen molar-refractivity contribution in [3.8, 4) is 0 Å². The van der Waals surface area contributed by atoms with Gasteiger partial charge in [-0.15, -0.1) is 0 Å². The van der Waals surface area contributed by atoms with Gasteiger partial charge >= 0.3 is 5.97 Å². The topological polar surface area (TPSA) is 46.6 Å². The van der Waals surface area contributed by atoms with E-state index in [9.17, 15) is 9.59 Å². The van der Waals surface area contributed by atoms with E-state index in [1.165, 1.54) is 7.11 Å². The number of benzene rings is 3. The molecule has 1 aliphatic heterocycles. The van der Waals surface area contributed by atoms with Gasteiger partial charge in [-0.2, -0.15) is 0 Å². The van der Waals surface area contributed by atoms with Crippen LogP contribution in [0.2, 0.25) is 0 Å². The average Bonchev–Trinajstić information content (AvgIpc) is 2.97. The first-order valence-corrected chi connectivity index (χ1v) is 9.89. The van der Waals surface area contributed by atoms with Crippen molar-refractivity contribution in [1.82, 2.24) is 0 Å². The number of methoxy groups -OCH3 is 1. The lowest BCUT2D eigenvalue weighted by Gasteiger charge is -2.18. The molecule has 3 aromatic carbocycles. The Morgan fingerprint density at radius 3 is 2.52 bits per heavy atom. The Morgan fingerprint density at radius 1 is 1.03 bits per heavy atom. The summed E-state index contributed by atoms with van der Waals surface area (Å²) in [5.74, 6) is -0.784. The van der Waals surface area contributed by atoms with Gasteiger partial charge in [0.05, 0.1) is 23.9 Å². The lowest BCUT2D eigenvalue weighted by Crippen LogP contribution is -2.24. The fraction of sp³-hybridized carbons (Fsp3) is 0.0833. The van der Waals surface area contributed by atoms with Crippen molar-refractivity contribution in [3.05, 3.63) is 93.6 Å². The number of halogens is 1. The van der Waals surface area contributed by atoms with Crippen LogP contribution < -0.4 is 4.90 Å². The summed E-state index contributed by atoms with van der Waals surface area (Å²) in [5, 5.41) is 2.08. The number of carbonyl (C=O) groups excluding carboxylic acids is 2. The fourth-order valence-electron chi connectivity index (χ4n) is 3.64. The van der Waals surface area contributed by atoms with Crippen molar-refractivity contribution in [3.63, 3.8) is 0 Å². The van der Waals surface area contributed by atoms with Gasteiger partial charge in [-0.3, -0.25) is 9.69 Å². The van der Waals surface area contributed by atoms with E-state index in [-0.39, 0.29) is 11.5 Å². The number of allylic oxidation sites excluding steroid dienone is 1. The Hall–Kier alpha value is -3.18. The monoisotopic (exact) mass is 447 g/mol. The molecule has 0 radical (unpaired) electrons. The molecule has 1 heterocycles. The van der Waals surface area contributed by atoms with Gasteiger partial charge in [-0.25, -0.2) is 4.79 Å². The molecule has 4 nitrogen and oxygen atoms in total. The van der Waals surface area contributed by atoms with Crippen molar-refractivity contribution in [1.29, 1.82) is 0 Å². The normalized spacial score (nSPS) is 15.5. The molecule has 0 unspecified atom stereocenters. The van der Waals surface area contributed by atoms with E-state index < -0.39 is 5.97 Å². The van der Waals surface area contributed by atoms with Gasteiger partial charge in [0.1, 0.15) is 0 Å². The van der Waals surface area contributed by atoms with Crippen molar-refractivity contribution < 1.29 is 14.3 Å². The molecular formula is C24H18BrNO3. The van der Waals surface area contributed by atoms with E-state index in [1.807, 2.05) is 66.7 Å². The fourth-order valence-corrected chi connectivity index (χ4v) is 4.03. The quantitative estimate of drug-likeness (QED) is 0.394. The number of nitrogens with zero attached hydrogens (tertiary/aromatic N) is 1. The van der Waals surface area contributed by atoms with Crippen LogP contribution in [-0.2, 0) is 14.3 Å². The van der Waals surface area contributed by atoms with Crippen molar-refractivity contribution in [2.75, 3.05) is 12.0 Å². The van der Waals surface area contributed by atoms with Gasteiger partial charge < -0.3 is 4.74 Å². The SMILES string of the molecule is COC(=O)C1=C(C)N(c2cccc(Br)c2)C(=O)/C1=C\c1cccc2ccccc12. The number of esters is 1. The highest BCUT2D eigenvalue weighted by Crippen LogP contribution is 2.36. The Kier molecular flexibility index (Phi) is 5.07. The molecule has 0 atom stereocenters. The summed E-state index contributed by atoms with van der Waals surface area (Å²) in [6.45, 7) is 1.76. The van der Waals surface area contributed by atoms with E-state index in [2.05, 4.69) is 15.9 Å². The predicted octanol–water partition coefficient (Wildman–Crippen LogP) is 5.48. The molecule has 144 valence electrons. The third kappa shape index (κ3) is 3.38. The zero-order valence-electron chi connectivity index (χ0n) is 16.0. The second-order valence-electron chi connectivity index (χ2n) is 6.70. The largest absolute Gasteiger partial charge is 0.465 e. The highest BCUT2D eigenvalue weighted by Gasteiger charge is 2.38. The van der Waals surface area contributed by atoms with Crippen LogP contribution >= 0.6 is 15.9 Å². The van der Waals surface area contributed by atoms with Crippen LogP contribution in [0.3, 0.4) is 0 Å². The summed E-state index contributed by atoms with van der Waals surface area (Å²) in [4.78, 5) is 27.5. The summed E-state index contributed by atoms with van der Waals surface area (Å²) < 4.78 is 5.84. The van der Waals surface area contributed by atoms with Crippen LogP contribution in [0.15, 0.2) is 88.0 Å². The highest BCUT2D eigenvalue weighted by atomic mass is 79.9. The van der Waals surface area contributed by atoms with E-state index in [1.54, 1.807) is 17.9 Å². The molecule has 0 aromatic heterocycles. The first kappa shape index (κ1) is 19.2. The smallest absolute Gasteiger partial charge is 0.340 e. The van der Waals surface area contributed by atoms with E-state index in [0.29, 0.717) is 17.0 Å². The Balaban J connectivity index is 1.91. The highest BCUT2D eigenvalue weighted by molar-refractivity contribution is 9.10. The van der Waals surface area contributed by atoms with E-state index in [0.717, 1.165) is 20.8 Å². The van der Waals surface area contributed by atoms with Crippen LogP contribution in [-0.4, -0.2) is 19.0 Å². The number of carbonyl (C=O) groups is 2. The maximum atomic E-state index is 13.4. The summed E-state index contributed by atoms with van der Waals surface area (Å²) >= 11 is 3.44. The maximum absolute atomic E-state index is 13.4. The van der Waals surface area contributed by atoms with Crippen molar-refractivity contribution in [2.45, 2.75) is 6.92 Å². The molecule has 0 saturated carbocycles. The maximum Gasteiger partial charge on any atom is 0.340 e. The van der Waals surface area contributed by atoms with Gasteiger partial charge in [-0.1, -0.05) is 64.5 Å². The van der Waals surface area contributed by atoms with Crippen LogP contribution in [0, 0.1) is 0 Å². The molecular weight excluding hydrogens is 430 g/mol. The number of hydrogen-bond acceptors (Lipinski definition) is 3. The molecule has 0 bridgehead atoms. The first-order chi connectivity index (χ1) is 14.0. The first-order valence-electron chi connectivity index (χ1n) is 9.10. The molecule has 0 fully saturated rings. The zero-order valence-corrected chi connectivity index (χ0v) is 17.6. The van der Waals surface area contributed by atoms with Crippen molar-refractivity contribution >= 4 is 50.3 Å². The minimum atomic E-state index is -0.528. The summed E-state index contributed by atoms with van der Waals surface area (Å²) in [7, 11) is 1.32. The molecule has 4 rings (SSSR count). The number of anilines is 1. The molecule has 1 aliphatic rings. The third-order valence-corrected chi connectivity index (χ3v) is 5.47. The predicted molar refractivity (Wildman–Crippen MR) is 118 cm³/mol. The Labute approximate surface area is 177 Å². The van der Waals surface area contributed by atoms with Gasteiger partial charge in [0, 0.05) is 10.2 Å². The Morgan fingerprint density at radius 2 is 1.76 bits per heavy atom. The minimum absolute atomic E-state index is 0.256. The second kappa shape index (κ2) is 7.68. The molecule has 0 N–H and O–H groups in total. The number of amides is 1. The molecule has 0 saturated heterocycles. The number of rotatable bonds is 3. The van der Waals surface area contributed by atoms with Gasteiger partial charge in [-0.05, 0) is 47.5 Å². The van der Waals surface area contributed by atoms with Crippen LogP contribution in [0.4, 0.5) is 5.69 Å². The van der Waals surface area contributed by atoms with Crippen LogP contribution in [0.25, 0.3) is 16.8 Å². The minimum Gasteiger partial charge on any atom is -0.465 e. The number of ether oxygens (including phenoxy) is 1. The molecule has 29 heavy (non-hydrogen) atoms. The molecule has 5 heteroatoms. The molecule has 0 spiro atoms. The lowest BCUT2D eigenvalue weighted by atomic mass is 9.99. The summed E-state index contributed by atoms with van der Waals surface area (Å²) in [6.07, 6.45) is 1.78. The van der Waals surface area contributed by atoms with Crippen LogP contribution in [0.1, 0.15) is 12.5 Å². The molecule has 0 aliphatic carbocycles. The van der Waals surface area contributed by atoms with Crippen LogP contribution in [0.5, 0.6) is 0 Å². The number of hydrogen-bond donors (Lipinski definition) is 0. The average molecular weight is 448 g/mol. The van der Waals surface area contributed by atoms with Crippen molar-refractivity contribution in [2.24, 2.45) is 0 Å². The van der Waals surface area contributed by atoms with E-state index >= 15 is 0 Å². The lowest BCUT2D eigenvalue weighted by molar-refractivity contribution is -0.136. The summed E-state index contributed by atoms with van der Waals surface area (Å²) in [5.41, 5.74) is 2.71. The summed E-state index contributed by atoms with van der Waals surface area (Å²) in [6, 6.07) is 21.3. The van der Waals surface area contributed by atoms with Gasteiger partial charge in [0.25, 0.3) is 5.91 Å². The molecule has 3 aromatic rings. The zero-order chi connectivity index (χ0) is 20.5.